The summed E-state index contributed by atoms with van der Waals surface area (Å²) < 4.78 is 1.37. The summed E-state index contributed by atoms with van der Waals surface area (Å²) in [6.07, 6.45) is 6.15. The lowest BCUT2D eigenvalue weighted by molar-refractivity contribution is -0.139. The molecule has 2 heterocycles. The fourth-order valence-electron chi connectivity index (χ4n) is 1.84. The summed E-state index contributed by atoms with van der Waals surface area (Å²) in [6.45, 7) is 0. The van der Waals surface area contributed by atoms with Crippen LogP contribution in [0.5, 0.6) is 0 Å². The average Bonchev–Trinajstić information content (AvgIpc) is 3.10. The molecule has 2 aromatic heterocycles. The molecule has 2 rings (SSSR count). The van der Waals surface area contributed by atoms with Crippen molar-refractivity contribution in [1.29, 1.82) is 0 Å². The van der Waals surface area contributed by atoms with E-state index in [9.17, 15) is 14.7 Å². The van der Waals surface area contributed by atoms with Gasteiger partial charge in [-0.1, -0.05) is 0 Å². The number of nitrogens with one attached hydrogen (secondary N) is 2. The first-order valence-corrected chi connectivity index (χ1v) is 6.43. The van der Waals surface area contributed by atoms with Crippen molar-refractivity contribution in [2.24, 2.45) is 5.73 Å². The van der Waals surface area contributed by atoms with E-state index >= 15 is 0 Å². The molecule has 0 saturated carbocycles. The van der Waals surface area contributed by atoms with Crippen molar-refractivity contribution in [2.45, 2.75) is 24.9 Å². The highest BCUT2D eigenvalue weighted by Gasteiger charge is 2.19. The number of carboxylic acids is 2. The molecule has 126 valence electrons. The Morgan fingerprint density at radius 1 is 1.35 bits per heavy atom. The zero-order chi connectivity index (χ0) is 16.1. The number of rotatable bonds is 8. The number of H-pyrrole nitrogens is 1. The summed E-state index contributed by atoms with van der Waals surface area (Å²) in [6, 6.07) is -1.95. The van der Waals surface area contributed by atoms with E-state index in [1.54, 1.807) is 6.20 Å². The molecule has 0 aliphatic rings. The molecule has 0 spiro atoms. The Morgan fingerprint density at radius 2 is 2.09 bits per heavy atom. The molecule has 0 fully saturated rings. The van der Waals surface area contributed by atoms with E-state index in [0.717, 1.165) is 0 Å². The second-order valence-corrected chi connectivity index (χ2v) is 4.72. The summed E-state index contributed by atoms with van der Waals surface area (Å²) >= 11 is 0. The number of carbonyl (C=O) groups is 2. The van der Waals surface area contributed by atoms with Gasteiger partial charge in [0.25, 0.3) is 0 Å². The van der Waals surface area contributed by atoms with Crippen molar-refractivity contribution in [1.82, 2.24) is 19.6 Å². The fraction of sp³-hybridized carbons (Fsp3) is 0.333. The van der Waals surface area contributed by atoms with E-state index in [0.29, 0.717) is 11.4 Å². The predicted molar refractivity (Wildman–Crippen MR) is 81.9 cm³/mol. The lowest BCUT2D eigenvalue weighted by atomic mass is 10.2. The van der Waals surface area contributed by atoms with Gasteiger partial charge in [0, 0.05) is 30.9 Å². The summed E-state index contributed by atoms with van der Waals surface area (Å²) in [5, 5.41) is 18.0. The SMILES string of the molecule is Cl.N[C@@H](Cc1cn(N[C@@H](Cc2cnc[nH]2)C(=O)O)cn1)C(=O)O. The monoisotopic (exact) mass is 344 g/mol. The molecule has 0 aromatic carbocycles. The number of nitrogens with zero attached hydrogens (tertiary/aromatic N) is 3. The number of halogens is 1. The zero-order valence-electron chi connectivity index (χ0n) is 11.9. The van der Waals surface area contributed by atoms with Crippen molar-refractivity contribution < 1.29 is 19.8 Å². The molecule has 2 atom stereocenters. The molecule has 0 radical (unpaired) electrons. The third-order valence-electron chi connectivity index (χ3n) is 2.96. The topological polar surface area (TPSA) is 159 Å². The molecule has 0 amide bonds. The molecular weight excluding hydrogens is 328 g/mol. The van der Waals surface area contributed by atoms with Crippen LogP contribution < -0.4 is 11.2 Å². The van der Waals surface area contributed by atoms with Gasteiger partial charge in [0.1, 0.15) is 18.4 Å². The molecule has 0 unspecified atom stereocenters. The minimum Gasteiger partial charge on any atom is -0.480 e. The molecule has 23 heavy (non-hydrogen) atoms. The van der Waals surface area contributed by atoms with Crippen molar-refractivity contribution in [3.05, 3.63) is 36.4 Å². The lowest BCUT2D eigenvalue weighted by Crippen LogP contribution is -2.36. The van der Waals surface area contributed by atoms with Crippen LogP contribution in [0.15, 0.2) is 25.0 Å². The Balaban J connectivity index is 0.00000264. The molecule has 6 N–H and O–H groups in total. The summed E-state index contributed by atoms with van der Waals surface area (Å²) in [7, 11) is 0. The number of nitrogens with two attached hydrogens (primary N) is 1. The van der Waals surface area contributed by atoms with Crippen molar-refractivity contribution in [3.63, 3.8) is 0 Å². The zero-order valence-corrected chi connectivity index (χ0v) is 12.7. The normalized spacial score (nSPS) is 12.9. The predicted octanol–water partition coefficient (Wildman–Crippen LogP) is -0.778. The number of aliphatic carboxylic acids is 2. The van der Waals surface area contributed by atoms with Crippen molar-refractivity contribution in [2.75, 3.05) is 5.43 Å². The minimum absolute atomic E-state index is 0. The van der Waals surface area contributed by atoms with Gasteiger partial charge >= 0.3 is 11.9 Å². The van der Waals surface area contributed by atoms with Crippen LogP contribution in [0.25, 0.3) is 0 Å². The highest BCUT2D eigenvalue weighted by molar-refractivity contribution is 5.85. The van der Waals surface area contributed by atoms with E-state index in [4.69, 9.17) is 10.8 Å². The van der Waals surface area contributed by atoms with E-state index in [1.165, 1.54) is 23.5 Å². The number of hydrogen-bond donors (Lipinski definition) is 5. The van der Waals surface area contributed by atoms with E-state index < -0.39 is 24.0 Å². The molecule has 10 nitrogen and oxygen atoms in total. The largest absolute Gasteiger partial charge is 0.480 e. The lowest BCUT2D eigenvalue weighted by Gasteiger charge is -2.15. The fourth-order valence-corrected chi connectivity index (χ4v) is 1.84. The standard InChI is InChI=1S/C12H16N6O4.ClH/c13-9(11(19)20)1-8-4-18(6-16-8)17-10(12(21)22)2-7-3-14-5-15-7;/h3-6,9-10,17H,1-2,13H2,(H,14,15)(H,19,20)(H,21,22);1H/t9-,10-;/m0./s1. The van der Waals surface area contributed by atoms with Crippen molar-refractivity contribution in [3.8, 4) is 0 Å². The van der Waals surface area contributed by atoms with Crippen LogP contribution in [0.3, 0.4) is 0 Å². The second kappa shape index (κ2) is 8.15. The van der Waals surface area contributed by atoms with Gasteiger partial charge in [-0.15, -0.1) is 12.4 Å². The first-order valence-electron chi connectivity index (χ1n) is 6.43. The Labute approximate surface area is 137 Å². The van der Waals surface area contributed by atoms with Crippen molar-refractivity contribution >= 4 is 24.3 Å². The van der Waals surface area contributed by atoms with Gasteiger partial charge < -0.3 is 26.4 Å². The van der Waals surface area contributed by atoms with E-state index in [1.807, 2.05) is 0 Å². The summed E-state index contributed by atoms with van der Waals surface area (Å²) in [5.41, 5.74) is 9.31. The van der Waals surface area contributed by atoms with Gasteiger partial charge in [-0.2, -0.15) is 0 Å². The average molecular weight is 345 g/mol. The minimum atomic E-state index is -1.12. The van der Waals surface area contributed by atoms with Crippen LogP contribution in [0.1, 0.15) is 11.4 Å². The Kier molecular flexibility index (Phi) is 6.54. The van der Waals surface area contributed by atoms with Gasteiger partial charge in [-0.25, -0.2) is 14.8 Å². The molecule has 0 bridgehead atoms. The quantitative estimate of drug-likeness (QED) is 0.417. The second-order valence-electron chi connectivity index (χ2n) is 4.72. The molecule has 0 aliphatic carbocycles. The number of carboxylic acid groups (broad SMARTS) is 2. The third-order valence-corrected chi connectivity index (χ3v) is 2.96. The van der Waals surface area contributed by atoms with Gasteiger partial charge in [-0.05, 0) is 0 Å². The van der Waals surface area contributed by atoms with Gasteiger partial charge in [0.2, 0.25) is 0 Å². The highest BCUT2D eigenvalue weighted by Crippen LogP contribution is 2.03. The summed E-state index contributed by atoms with van der Waals surface area (Å²) in [4.78, 5) is 32.6. The molecule has 0 saturated heterocycles. The van der Waals surface area contributed by atoms with Gasteiger partial charge in [0.15, 0.2) is 0 Å². The van der Waals surface area contributed by atoms with Crippen LogP contribution in [-0.4, -0.2) is 53.9 Å². The number of aromatic amines is 1. The Morgan fingerprint density at radius 3 is 2.65 bits per heavy atom. The van der Waals surface area contributed by atoms with Crippen LogP contribution >= 0.6 is 12.4 Å². The molecular formula is C12H17ClN6O4. The maximum atomic E-state index is 11.3. The van der Waals surface area contributed by atoms with Crippen LogP contribution in [0.4, 0.5) is 0 Å². The number of hydrogen-bond acceptors (Lipinski definition) is 6. The first kappa shape index (κ1) is 18.5. The first-order chi connectivity index (χ1) is 10.5. The van der Waals surface area contributed by atoms with E-state index in [-0.39, 0.29) is 25.2 Å². The maximum Gasteiger partial charge on any atom is 0.328 e. The number of imidazole rings is 2. The smallest absolute Gasteiger partial charge is 0.328 e. The van der Waals surface area contributed by atoms with Gasteiger partial charge in [0.05, 0.1) is 12.0 Å². The van der Waals surface area contributed by atoms with Gasteiger partial charge in [-0.3, -0.25) is 9.47 Å². The number of aromatic nitrogens is 4. The molecule has 11 heteroatoms. The highest BCUT2D eigenvalue weighted by atomic mass is 35.5. The molecule has 0 aliphatic heterocycles. The van der Waals surface area contributed by atoms with Crippen LogP contribution in [0, 0.1) is 0 Å². The Bertz CT molecular complexity index is 644. The van der Waals surface area contributed by atoms with Crippen LogP contribution in [-0.2, 0) is 22.4 Å². The summed E-state index contributed by atoms with van der Waals surface area (Å²) in [5.74, 6) is -2.16. The Hall–Kier alpha value is -2.59. The van der Waals surface area contributed by atoms with E-state index in [2.05, 4.69) is 20.4 Å². The molecule has 2 aromatic rings. The third kappa shape index (κ3) is 5.27. The maximum absolute atomic E-state index is 11.3. The van der Waals surface area contributed by atoms with Crippen LogP contribution in [0.2, 0.25) is 0 Å².